The molecule has 16 heavy (non-hydrogen) atoms. The molecular weight excluding hydrogens is 220 g/mol. The summed E-state index contributed by atoms with van der Waals surface area (Å²) in [5.74, 6) is 0.680. The van der Waals surface area contributed by atoms with Gasteiger partial charge in [-0.3, -0.25) is 0 Å². The molecule has 80 valence electrons. The molecule has 3 nitrogen and oxygen atoms in total. The zero-order valence-electron chi connectivity index (χ0n) is 8.51. The number of oxazole rings is 1. The van der Waals surface area contributed by atoms with E-state index in [1.807, 2.05) is 35.7 Å². The molecule has 0 unspecified atom stereocenters. The minimum absolute atomic E-state index is 0.519. The lowest BCUT2D eigenvalue weighted by Gasteiger charge is -1.92. The van der Waals surface area contributed by atoms with E-state index in [0.29, 0.717) is 12.4 Å². The van der Waals surface area contributed by atoms with Gasteiger partial charge in [-0.05, 0) is 29.1 Å². The molecule has 2 heterocycles. The van der Waals surface area contributed by atoms with Gasteiger partial charge in [0.05, 0.1) is 4.88 Å². The molecule has 0 amide bonds. The second-order valence-electron chi connectivity index (χ2n) is 3.50. The number of hydrogen-bond acceptors (Lipinski definition) is 4. The maximum Gasteiger partial charge on any atom is 0.237 e. The Hall–Kier alpha value is -1.65. The predicted octanol–water partition coefficient (Wildman–Crippen LogP) is 3.02. The van der Waals surface area contributed by atoms with Crippen LogP contribution in [0.5, 0.6) is 0 Å². The van der Waals surface area contributed by atoms with Crippen LogP contribution >= 0.6 is 11.3 Å². The summed E-state index contributed by atoms with van der Waals surface area (Å²) >= 11 is 1.62. The van der Waals surface area contributed by atoms with E-state index in [9.17, 15) is 0 Å². The molecule has 0 spiro atoms. The van der Waals surface area contributed by atoms with Crippen molar-refractivity contribution in [2.75, 3.05) is 0 Å². The van der Waals surface area contributed by atoms with E-state index >= 15 is 0 Å². The number of rotatable bonds is 2. The molecule has 3 rings (SSSR count). The highest BCUT2D eigenvalue weighted by atomic mass is 32.1. The maximum absolute atomic E-state index is 5.70. The van der Waals surface area contributed by atoms with Crippen LogP contribution in [0.3, 0.4) is 0 Å². The van der Waals surface area contributed by atoms with Gasteiger partial charge in [0.2, 0.25) is 5.89 Å². The molecule has 0 aliphatic heterocycles. The van der Waals surface area contributed by atoms with E-state index in [-0.39, 0.29) is 0 Å². The van der Waals surface area contributed by atoms with Gasteiger partial charge in [0.1, 0.15) is 5.52 Å². The topological polar surface area (TPSA) is 52.0 Å². The van der Waals surface area contributed by atoms with Crippen molar-refractivity contribution >= 4 is 22.4 Å². The molecule has 3 aromatic rings. The lowest BCUT2D eigenvalue weighted by molar-refractivity contribution is 0.621. The molecule has 2 aromatic heterocycles. The third-order valence-electron chi connectivity index (χ3n) is 2.42. The fourth-order valence-electron chi connectivity index (χ4n) is 1.60. The second kappa shape index (κ2) is 3.73. The second-order valence-corrected chi connectivity index (χ2v) is 4.45. The van der Waals surface area contributed by atoms with Gasteiger partial charge in [-0.1, -0.05) is 12.1 Å². The minimum Gasteiger partial charge on any atom is -0.435 e. The third-order valence-corrected chi connectivity index (χ3v) is 3.28. The van der Waals surface area contributed by atoms with Crippen LogP contribution in [0.25, 0.3) is 21.9 Å². The summed E-state index contributed by atoms with van der Waals surface area (Å²) in [6.45, 7) is 0.519. The van der Waals surface area contributed by atoms with Gasteiger partial charge >= 0.3 is 0 Å². The molecule has 0 saturated heterocycles. The van der Waals surface area contributed by atoms with E-state index in [1.165, 1.54) is 0 Å². The van der Waals surface area contributed by atoms with Crippen LogP contribution in [-0.4, -0.2) is 4.98 Å². The third kappa shape index (κ3) is 1.52. The summed E-state index contributed by atoms with van der Waals surface area (Å²) in [7, 11) is 0. The lowest BCUT2D eigenvalue weighted by atomic mass is 10.2. The zero-order valence-corrected chi connectivity index (χ0v) is 9.33. The molecule has 0 aliphatic rings. The fourth-order valence-corrected chi connectivity index (χ4v) is 2.25. The first-order valence-electron chi connectivity index (χ1n) is 5.00. The first kappa shape index (κ1) is 9.57. The summed E-state index contributed by atoms with van der Waals surface area (Å²) < 4.78 is 5.70. The smallest absolute Gasteiger partial charge is 0.237 e. The number of benzene rings is 1. The summed E-state index contributed by atoms with van der Waals surface area (Å²) in [6.07, 6.45) is 0. The van der Waals surface area contributed by atoms with Gasteiger partial charge in [0, 0.05) is 6.54 Å². The van der Waals surface area contributed by atoms with Crippen LogP contribution in [0.1, 0.15) is 5.56 Å². The van der Waals surface area contributed by atoms with Crippen LogP contribution in [-0.2, 0) is 6.54 Å². The maximum atomic E-state index is 5.70. The molecule has 0 bridgehead atoms. The number of nitrogens with two attached hydrogens (primary N) is 1. The summed E-state index contributed by atoms with van der Waals surface area (Å²) in [4.78, 5) is 5.48. The Balaban J connectivity index is 2.16. The SMILES string of the molecule is NCc1ccc2nc(-c3cccs3)oc2c1. The van der Waals surface area contributed by atoms with Crippen molar-refractivity contribution in [3.8, 4) is 10.8 Å². The van der Waals surface area contributed by atoms with E-state index in [0.717, 1.165) is 21.5 Å². The first-order chi connectivity index (χ1) is 7.86. The van der Waals surface area contributed by atoms with Crippen molar-refractivity contribution < 1.29 is 4.42 Å². The average molecular weight is 230 g/mol. The molecule has 0 saturated carbocycles. The summed E-state index contributed by atoms with van der Waals surface area (Å²) in [5.41, 5.74) is 8.31. The zero-order chi connectivity index (χ0) is 11.0. The van der Waals surface area contributed by atoms with Crippen molar-refractivity contribution in [3.63, 3.8) is 0 Å². The molecule has 2 N–H and O–H groups in total. The highest BCUT2D eigenvalue weighted by molar-refractivity contribution is 7.13. The Morgan fingerprint density at radius 2 is 2.25 bits per heavy atom. The van der Waals surface area contributed by atoms with E-state index in [4.69, 9.17) is 10.2 Å². The van der Waals surface area contributed by atoms with Gasteiger partial charge in [-0.25, -0.2) is 4.98 Å². The summed E-state index contributed by atoms with van der Waals surface area (Å²) in [6, 6.07) is 9.85. The van der Waals surface area contributed by atoms with Gasteiger partial charge in [0.25, 0.3) is 0 Å². The quantitative estimate of drug-likeness (QED) is 0.736. The van der Waals surface area contributed by atoms with Crippen LogP contribution in [0.4, 0.5) is 0 Å². The Morgan fingerprint density at radius 3 is 3.00 bits per heavy atom. The first-order valence-corrected chi connectivity index (χ1v) is 5.88. The molecule has 1 aromatic carbocycles. The summed E-state index contributed by atoms with van der Waals surface area (Å²) in [5, 5.41) is 2.01. The average Bonchev–Trinajstić information content (AvgIpc) is 2.96. The monoisotopic (exact) mass is 230 g/mol. The minimum atomic E-state index is 0.519. The van der Waals surface area contributed by atoms with Crippen molar-refractivity contribution in [2.24, 2.45) is 5.73 Å². The van der Waals surface area contributed by atoms with Crippen LogP contribution < -0.4 is 5.73 Å². The van der Waals surface area contributed by atoms with E-state index in [1.54, 1.807) is 11.3 Å². The Labute approximate surface area is 96.5 Å². The fraction of sp³-hybridized carbons (Fsp3) is 0.0833. The molecule has 0 aliphatic carbocycles. The molecule has 0 radical (unpaired) electrons. The van der Waals surface area contributed by atoms with Crippen LogP contribution in [0, 0.1) is 0 Å². The van der Waals surface area contributed by atoms with Crippen LogP contribution in [0.15, 0.2) is 40.1 Å². The number of fused-ring (bicyclic) bond motifs is 1. The van der Waals surface area contributed by atoms with Gasteiger partial charge < -0.3 is 10.2 Å². The number of aromatic nitrogens is 1. The van der Waals surface area contributed by atoms with Crippen molar-refractivity contribution in [2.45, 2.75) is 6.54 Å². The van der Waals surface area contributed by atoms with Crippen molar-refractivity contribution in [3.05, 3.63) is 41.3 Å². The van der Waals surface area contributed by atoms with Gasteiger partial charge in [-0.15, -0.1) is 11.3 Å². The Bertz CT molecular complexity index is 613. The van der Waals surface area contributed by atoms with E-state index in [2.05, 4.69) is 4.98 Å². The highest BCUT2D eigenvalue weighted by Crippen LogP contribution is 2.27. The molecule has 0 atom stereocenters. The lowest BCUT2D eigenvalue weighted by Crippen LogP contribution is -1.94. The number of hydrogen-bond donors (Lipinski definition) is 1. The molecule has 0 fully saturated rings. The Kier molecular flexibility index (Phi) is 2.23. The highest BCUT2D eigenvalue weighted by Gasteiger charge is 2.08. The van der Waals surface area contributed by atoms with Crippen molar-refractivity contribution in [1.29, 1.82) is 0 Å². The Morgan fingerprint density at radius 1 is 1.31 bits per heavy atom. The molecule has 4 heteroatoms. The number of thiophene rings is 1. The largest absolute Gasteiger partial charge is 0.435 e. The van der Waals surface area contributed by atoms with Crippen LogP contribution in [0.2, 0.25) is 0 Å². The van der Waals surface area contributed by atoms with Crippen molar-refractivity contribution in [1.82, 2.24) is 4.98 Å². The molecular formula is C12H10N2OS. The van der Waals surface area contributed by atoms with Gasteiger partial charge in [0.15, 0.2) is 5.58 Å². The normalized spacial score (nSPS) is 11.1. The number of nitrogens with zero attached hydrogens (tertiary/aromatic N) is 1. The standard InChI is InChI=1S/C12H10N2OS/c13-7-8-3-4-9-10(6-8)15-12(14-9)11-2-1-5-16-11/h1-6H,7,13H2. The van der Waals surface area contributed by atoms with Gasteiger partial charge in [-0.2, -0.15) is 0 Å². The van der Waals surface area contributed by atoms with E-state index < -0.39 is 0 Å². The predicted molar refractivity (Wildman–Crippen MR) is 65.2 cm³/mol.